The summed E-state index contributed by atoms with van der Waals surface area (Å²) in [6.45, 7) is -1.20. The molecule has 0 spiro atoms. The fraction of sp³-hybridized carbons (Fsp3) is 0.583. The lowest BCUT2D eigenvalue weighted by atomic mass is 10.4. The lowest BCUT2D eigenvalue weighted by molar-refractivity contribution is -0.256. The Morgan fingerprint density at radius 2 is 1.43 bits per heavy atom. The zero-order valence-electron chi connectivity index (χ0n) is 11.9. The highest BCUT2D eigenvalue weighted by Gasteiger charge is 2.33. The Kier molecular flexibility index (Phi) is 5.36. The quantitative estimate of drug-likeness (QED) is 0.415. The van der Waals surface area contributed by atoms with Crippen molar-refractivity contribution in [3.63, 3.8) is 0 Å². The maximum absolute atomic E-state index is 11.4. The minimum Gasteiger partial charge on any atom is -0.364 e. The van der Waals surface area contributed by atoms with Gasteiger partial charge in [-0.25, -0.2) is 9.63 Å². The normalized spacial score (nSPS) is 19.7. The Hall–Kier alpha value is -2.37. The molecule has 0 aromatic carbocycles. The van der Waals surface area contributed by atoms with Crippen LogP contribution < -0.4 is 0 Å². The largest absolute Gasteiger partial charge is 0.364 e. The summed E-state index contributed by atoms with van der Waals surface area (Å²) in [5.74, 6) is -3.44. The molecule has 2 aliphatic heterocycles. The number of rotatable bonds is 7. The van der Waals surface area contributed by atoms with Gasteiger partial charge in [-0.15, -0.1) is 5.06 Å². The molecule has 2 rings (SSSR count). The lowest BCUT2D eigenvalue weighted by Gasteiger charge is -2.18. The predicted molar refractivity (Wildman–Crippen MR) is 66.2 cm³/mol. The summed E-state index contributed by atoms with van der Waals surface area (Å²) in [4.78, 5) is 65.5. The van der Waals surface area contributed by atoms with E-state index in [1.807, 2.05) is 0 Å². The summed E-state index contributed by atoms with van der Waals surface area (Å²) < 4.78 is 4.77. The average Bonchev–Trinajstić information content (AvgIpc) is 2.97. The number of carbonyl (C=O) groups excluding carboxylic acids is 5. The number of aliphatic hydroxyl groups excluding tert-OH is 1. The van der Waals surface area contributed by atoms with Crippen LogP contribution >= 0.6 is 0 Å². The molecular weight excluding hydrogens is 316 g/mol. The van der Waals surface area contributed by atoms with Gasteiger partial charge in [0.2, 0.25) is 6.29 Å². The van der Waals surface area contributed by atoms with Crippen LogP contribution in [0.15, 0.2) is 0 Å². The Balaban J connectivity index is 1.67. The third-order valence-electron chi connectivity index (χ3n) is 2.91. The zero-order valence-corrected chi connectivity index (χ0v) is 11.9. The minimum absolute atomic E-state index is 0.00334. The number of hydrogen-bond donors (Lipinski definition) is 1. The Bertz CT molecular complexity index is 515. The van der Waals surface area contributed by atoms with Gasteiger partial charge in [0.1, 0.15) is 13.2 Å². The van der Waals surface area contributed by atoms with Gasteiger partial charge in [-0.2, -0.15) is 5.06 Å². The number of hydrogen-bond acceptors (Lipinski definition) is 9. The molecule has 0 aromatic heterocycles. The van der Waals surface area contributed by atoms with Crippen molar-refractivity contribution in [2.24, 2.45) is 0 Å². The van der Waals surface area contributed by atoms with Crippen molar-refractivity contribution < 1.29 is 43.5 Å². The van der Waals surface area contributed by atoms with Gasteiger partial charge >= 0.3 is 5.97 Å². The predicted octanol–water partition coefficient (Wildman–Crippen LogP) is -1.99. The maximum Gasteiger partial charge on any atom is 0.358 e. The van der Waals surface area contributed by atoms with Crippen LogP contribution in [0.5, 0.6) is 0 Å². The van der Waals surface area contributed by atoms with Gasteiger partial charge in [-0.05, 0) is 0 Å². The van der Waals surface area contributed by atoms with Crippen LogP contribution in [-0.4, -0.2) is 64.3 Å². The molecule has 2 fully saturated rings. The molecule has 23 heavy (non-hydrogen) atoms. The first kappa shape index (κ1) is 17.0. The molecular formula is C12H14N2O9. The number of ether oxygens (including phenoxy) is 1. The van der Waals surface area contributed by atoms with Crippen molar-refractivity contribution in [1.82, 2.24) is 10.1 Å². The highest BCUT2D eigenvalue weighted by molar-refractivity contribution is 6.01. The second kappa shape index (κ2) is 7.26. The van der Waals surface area contributed by atoms with Crippen LogP contribution in [0.3, 0.4) is 0 Å². The fourth-order valence-electron chi connectivity index (χ4n) is 1.85. The topological polar surface area (TPSA) is 140 Å². The van der Waals surface area contributed by atoms with Crippen LogP contribution in [0.2, 0.25) is 0 Å². The van der Waals surface area contributed by atoms with Crippen molar-refractivity contribution in [1.29, 1.82) is 0 Å². The molecule has 0 radical (unpaired) electrons. The fourth-order valence-corrected chi connectivity index (χ4v) is 1.85. The third-order valence-corrected chi connectivity index (χ3v) is 2.91. The molecule has 11 nitrogen and oxygen atoms in total. The highest BCUT2D eigenvalue weighted by atomic mass is 16.8. The highest BCUT2D eigenvalue weighted by Crippen LogP contribution is 2.14. The summed E-state index contributed by atoms with van der Waals surface area (Å²) in [5.41, 5.74) is 0. The van der Waals surface area contributed by atoms with E-state index in [0.717, 1.165) is 0 Å². The van der Waals surface area contributed by atoms with Gasteiger partial charge in [0, 0.05) is 25.7 Å². The molecule has 0 aliphatic carbocycles. The van der Waals surface area contributed by atoms with Crippen molar-refractivity contribution in [2.45, 2.75) is 32.0 Å². The second-order valence-electron chi connectivity index (χ2n) is 4.70. The number of amides is 4. The van der Waals surface area contributed by atoms with Crippen LogP contribution in [0, 0.1) is 0 Å². The van der Waals surface area contributed by atoms with Crippen LogP contribution in [0.25, 0.3) is 0 Å². The Morgan fingerprint density at radius 1 is 0.957 bits per heavy atom. The number of aliphatic hydroxyl groups is 1. The second-order valence-corrected chi connectivity index (χ2v) is 4.70. The van der Waals surface area contributed by atoms with Crippen LogP contribution in [-0.2, 0) is 38.4 Å². The summed E-state index contributed by atoms with van der Waals surface area (Å²) in [5, 5.41) is 10.3. The third kappa shape index (κ3) is 4.31. The van der Waals surface area contributed by atoms with Crippen molar-refractivity contribution in [2.75, 3.05) is 13.2 Å². The van der Waals surface area contributed by atoms with E-state index in [0.29, 0.717) is 10.1 Å². The van der Waals surface area contributed by atoms with E-state index in [-0.39, 0.29) is 25.7 Å². The van der Waals surface area contributed by atoms with E-state index in [4.69, 9.17) is 4.74 Å². The molecule has 1 atom stereocenters. The number of nitrogens with zero attached hydrogens (tertiary/aromatic N) is 2. The van der Waals surface area contributed by atoms with E-state index in [1.165, 1.54) is 0 Å². The summed E-state index contributed by atoms with van der Waals surface area (Å²) in [7, 11) is 0. The molecule has 4 amide bonds. The SMILES string of the molecule is O=C(COCC(O)ON1C(=O)CCC1=O)ON1C(=O)CCC1=O. The van der Waals surface area contributed by atoms with Crippen LogP contribution in [0.1, 0.15) is 25.7 Å². The molecule has 2 saturated heterocycles. The van der Waals surface area contributed by atoms with Gasteiger partial charge in [0.05, 0.1) is 0 Å². The summed E-state index contributed by atoms with van der Waals surface area (Å²) in [6.07, 6.45) is -1.72. The molecule has 1 unspecified atom stereocenters. The van der Waals surface area contributed by atoms with Gasteiger partial charge in [-0.3, -0.25) is 19.2 Å². The average molecular weight is 330 g/mol. The van der Waals surface area contributed by atoms with E-state index in [9.17, 15) is 29.1 Å². The Morgan fingerprint density at radius 3 is 1.96 bits per heavy atom. The smallest absolute Gasteiger partial charge is 0.358 e. The van der Waals surface area contributed by atoms with Gasteiger partial charge in [0.25, 0.3) is 23.6 Å². The standard InChI is InChI=1S/C12H14N2O9/c15-7-1-2-8(16)13(7)22-11(19)5-21-6-12(20)23-14-9(17)3-4-10(14)18/h11,19H,1-6H2. The molecule has 1 N–H and O–H groups in total. The van der Waals surface area contributed by atoms with E-state index in [2.05, 4.69) is 9.68 Å². The molecule has 2 heterocycles. The van der Waals surface area contributed by atoms with Gasteiger partial charge < -0.3 is 14.7 Å². The Labute approximate surface area is 129 Å². The molecule has 11 heteroatoms. The number of carbonyl (C=O) groups is 5. The molecule has 0 aromatic rings. The van der Waals surface area contributed by atoms with Gasteiger partial charge in [-0.1, -0.05) is 0 Å². The van der Waals surface area contributed by atoms with Crippen LogP contribution in [0.4, 0.5) is 0 Å². The van der Waals surface area contributed by atoms with Crippen molar-refractivity contribution >= 4 is 29.6 Å². The monoisotopic (exact) mass is 330 g/mol. The van der Waals surface area contributed by atoms with Crippen molar-refractivity contribution in [3.8, 4) is 0 Å². The zero-order chi connectivity index (χ0) is 17.0. The number of hydroxylamine groups is 4. The van der Waals surface area contributed by atoms with E-state index < -0.39 is 49.1 Å². The number of imide groups is 2. The molecule has 0 bridgehead atoms. The first-order chi connectivity index (χ1) is 10.9. The first-order valence-corrected chi connectivity index (χ1v) is 6.73. The molecule has 126 valence electrons. The summed E-state index contributed by atoms with van der Waals surface area (Å²) in [6, 6.07) is 0. The molecule has 2 aliphatic rings. The van der Waals surface area contributed by atoms with E-state index in [1.54, 1.807) is 0 Å². The van der Waals surface area contributed by atoms with E-state index >= 15 is 0 Å². The van der Waals surface area contributed by atoms with Crippen molar-refractivity contribution in [3.05, 3.63) is 0 Å². The first-order valence-electron chi connectivity index (χ1n) is 6.73. The minimum atomic E-state index is -1.65. The summed E-state index contributed by atoms with van der Waals surface area (Å²) >= 11 is 0. The molecule has 0 saturated carbocycles. The van der Waals surface area contributed by atoms with Gasteiger partial charge in [0.15, 0.2) is 0 Å². The lowest BCUT2D eigenvalue weighted by Crippen LogP contribution is -2.37. The maximum atomic E-state index is 11.4.